The van der Waals surface area contributed by atoms with Crippen LogP contribution in [-0.4, -0.2) is 0 Å². The third-order valence-electron chi connectivity index (χ3n) is 4.05. The van der Waals surface area contributed by atoms with Gasteiger partial charge in [-0.2, -0.15) is 0 Å². The normalized spacial score (nSPS) is 24.2. The summed E-state index contributed by atoms with van der Waals surface area (Å²) in [6, 6.07) is 8.83. The van der Waals surface area contributed by atoms with Crippen LogP contribution in [0, 0.1) is 5.41 Å². The van der Waals surface area contributed by atoms with Crippen LogP contribution in [0.3, 0.4) is 0 Å². The first kappa shape index (κ1) is 10.5. The van der Waals surface area contributed by atoms with Crippen LogP contribution in [0.15, 0.2) is 29.6 Å². The van der Waals surface area contributed by atoms with Crippen molar-refractivity contribution >= 4 is 20.0 Å². The maximum atomic E-state index is 2.47. The first-order valence-corrected chi connectivity index (χ1v) is 7.20. The summed E-state index contributed by atoms with van der Waals surface area (Å²) in [6.07, 6.45) is 9.49. The second-order valence-corrected chi connectivity index (χ2v) is 6.51. The fourth-order valence-corrected chi connectivity index (χ4v) is 4.30. The Morgan fingerprint density at radius 1 is 1.06 bits per heavy atom. The first-order chi connectivity index (χ1) is 7.78. The van der Waals surface area contributed by atoms with E-state index in [9.17, 15) is 0 Å². The lowest BCUT2D eigenvalue weighted by Crippen LogP contribution is -2.20. The average molecular weight is 229 g/mol. The first-order valence-electron chi connectivity index (χ1n) is 6.31. The Bertz CT molecular complexity index is 425. The molecule has 16 heavy (non-hydrogen) atoms. The molecule has 0 unspecified atom stereocenters. The Balaban J connectivity index is 1.89. The van der Waals surface area contributed by atoms with E-state index in [-0.39, 0.29) is 0 Å². The molecule has 1 aliphatic heterocycles. The lowest BCUT2D eigenvalue weighted by molar-refractivity contribution is 0.281. The molecule has 1 aromatic rings. The Morgan fingerprint density at radius 2 is 1.81 bits per heavy atom. The highest BCUT2D eigenvalue weighted by atomic mass is 31.1. The van der Waals surface area contributed by atoms with Crippen LogP contribution in [-0.2, 0) is 0 Å². The topological polar surface area (TPSA) is 0 Å². The van der Waals surface area contributed by atoms with Crippen molar-refractivity contribution in [3.8, 4) is 0 Å². The fourth-order valence-electron chi connectivity index (χ4n) is 2.92. The van der Waals surface area contributed by atoms with Crippen LogP contribution in [0.5, 0.6) is 0 Å². The molecule has 0 amide bonds. The predicted octanol–water partition coefficient (Wildman–Crippen LogP) is 4.58. The predicted molar refractivity (Wildman–Crippen MR) is 72.2 cm³/mol. The molecule has 1 aromatic carbocycles. The largest absolute Gasteiger partial charge is 0.0616 e. The van der Waals surface area contributed by atoms with E-state index < -0.39 is 0 Å². The van der Waals surface area contributed by atoms with Gasteiger partial charge in [-0.05, 0) is 49.1 Å². The number of rotatable bonds is 1. The van der Waals surface area contributed by atoms with E-state index in [4.69, 9.17) is 0 Å². The number of benzene rings is 1. The van der Waals surface area contributed by atoms with Gasteiger partial charge in [0, 0.05) is 0 Å². The summed E-state index contributed by atoms with van der Waals surface area (Å²) in [5.74, 6) is 0. The van der Waals surface area contributed by atoms with E-state index >= 15 is 0 Å². The third kappa shape index (κ3) is 1.74. The second kappa shape index (κ2) is 4.00. The number of allylic oxidation sites excluding steroid dienone is 1. The maximum Gasteiger partial charge on any atom is -0.00639 e. The van der Waals surface area contributed by atoms with Crippen molar-refractivity contribution in [3.05, 3.63) is 35.1 Å². The quantitative estimate of drug-likeness (QED) is 0.618. The highest BCUT2D eigenvalue weighted by molar-refractivity contribution is 7.53. The molecule has 0 N–H and O–H groups in total. The molecule has 0 atom stereocenters. The zero-order valence-electron chi connectivity index (χ0n) is 9.87. The summed E-state index contributed by atoms with van der Waals surface area (Å²) in [5.41, 5.74) is 1.93. The van der Waals surface area contributed by atoms with Crippen molar-refractivity contribution < 1.29 is 0 Å². The number of hydrogen-bond acceptors (Lipinski definition) is 0. The van der Waals surface area contributed by atoms with Gasteiger partial charge in [-0.25, -0.2) is 0 Å². The van der Waals surface area contributed by atoms with Gasteiger partial charge >= 0.3 is 0 Å². The van der Waals surface area contributed by atoms with Gasteiger partial charge in [0.2, 0.25) is 0 Å². The maximum absolute atomic E-state index is 2.47. The zero-order valence-corrected chi connectivity index (χ0v) is 10.8. The van der Waals surface area contributed by atoms with Crippen LogP contribution < -0.4 is 5.30 Å². The summed E-state index contributed by atoms with van der Waals surface area (Å²) in [7, 11) is 1.47. The standard InChI is InChI=1S/C15H18P/c1-15(9-5-2-6-10-15)14-11-12-7-3-4-8-13(12)16-14/h3-4,7-8,11H,2,5-6,9-10H2,1H3. The van der Waals surface area contributed by atoms with Crippen LogP contribution in [0.4, 0.5) is 0 Å². The van der Waals surface area contributed by atoms with Crippen molar-refractivity contribution in [2.75, 3.05) is 0 Å². The van der Waals surface area contributed by atoms with Gasteiger partial charge in [0.15, 0.2) is 0 Å². The van der Waals surface area contributed by atoms with Gasteiger partial charge in [0.25, 0.3) is 0 Å². The van der Waals surface area contributed by atoms with Gasteiger partial charge in [0.05, 0.1) is 0 Å². The smallest absolute Gasteiger partial charge is 0.00639 e. The molecule has 1 aliphatic carbocycles. The molecule has 3 rings (SSSR count). The van der Waals surface area contributed by atoms with Crippen molar-refractivity contribution in [1.82, 2.24) is 0 Å². The van der Waals surface area contributed by atoms with Crippen LogP contribution in [0.25, 0.3) is 6.08 Å². The molecule has 0 bridgehead atoms. The van der Waals surface area contributed by atoms with Crippen LogP contribution in [0.1, 0.15) is 44.6 Å². The number of hydrogen-bond donors (Lipinski definition) is 0. The molecule has 2 aliphatic rings. The molecule has 1 fully saturated rings. The highest BCUT2D eigenvalue weighted by Gasteiger charge is 2.33. The van der Waals surface area contributed by atoms with Crippen LogP contribution in [0.2, 0.25) is 0 Å². The Hall–Kier alpha value is -0.610. The van der Waals surface area contributed by atoms with Gasteiger partial charge in [0.1, 0.15) is 0 Å². The summed E-state index contributed by atoms with van der Waals surface area (Å²) in [5, 5.41) is 3.16. The summed E-state index contributed by atoms with van der Waals surface area (Å²) < 4.78 is 0. The van der Waals surface area contributed by atoms with Gasteiger partial charge in [-0.3, -0.25) is 0 Å². The van der Waals surface area contributed by atoms with Crippen molar-refractivity contribution in [2.24, 2.45) is 5.41 Å². The molecule has 0 saturated heterocycles. The SMILES string of the molecule is CC1(C2=Cc3ccccc3[P]2)CCCCC1. The lowest BCUT2D eigenvalue weighted by Gasteiger charge is -2.34. The van der Waals surface area contributed by atoms with E-state index in [2.05, 4.69) is 37.3 Å². The van der Waals surface area contributed by atoms with Crippen LogP contribution >= 0.6 is 8.58 Å². The van der Waals surface area contributed by atoms with Crippen molar-refractivity contribution in [1.29, 1.82) is 0 Å². The van der Waals surface area contributed by atoms with Gasteiger partial charge in [-0.15, -0.1) is 0 Å². The average Bonchev–Trinajstić information content (AvgIpc) is 2.74. The monoisotopic (exact) mass is 229 g/mol. The molecule has 1 saturated carbocycles. The van der Waals surface area contributed by atoms with E-state index in [0.717, 1.165) is 0 Å². The molecule has 83 valence electrons. The van der Waals surface area contributed by atoms with Crippen molar-refractivity contribution in [3.63, 3.8) is 0 Å². The Kier molecular flexibility index (Phi) is 2.64. The van der Waals surface area contributed by atoms with E-state index in [0.29, 0.717) is 5.41 Å². The molecule has 0 aromatic heterocycles. The number of fused-ring (bicyclic) bond motifs is 1. The minimum atomic E-state index is 0.485. The van der Waals surface area contributed by atoms with E-state index in [1.54, 1.807) is 5.31 Å². The molecular weight excluding hydrogens is 211 g/mol. The summed E-state index contributed by atoms with van der Waals surface area (Å²) in [6.45, 7) is 2.47. The molecule has 1 heteroatoms. The van der Waals surface area contributed by atoms with Gasteiger partial charge in [-0.1, -0.05) is 50.5 Å². The minimum Gasteiger partial charge on any atom is -0.0616 e. The fraction of sp³-hybridized carbons (Fsp3) is 0.467. The molecule has 1 heterocycles. The summed E-state index contributed by atoms with van der Waals surface area (Å²) in [4.78, 5) is 0. The molecular formula is C15H18P. The van der Waals surface area contributed by atoms with Gasteiger partial charge < -0.3 is 0 Å². The molecule has 0 spiro atoms. The highest BCUT2D eigenvalue weighted by Crippen LogP contribution is 2.51. The Labute approximate surface area is 99.9 Å². The third-order valence-corrected chi connectivity index (χ3v) is 5.60. The zero-order chi connectivity index (χ0) is 11.0. The molecule has 0 nitrogen and oxygen atoms in total. The Morgan fingerprint density at radius 3 is 2.56 bits per heavy atom. The van der Waals surface area contributed by atoms with E-state index in [1.807, 2.05) is 0 Å². The summed E-state index contributed by atoms with van der Waals surface area (Å²) >= 11 is 0. The second-order valence-electron chi connectivity index (χ2n) is 5.32. The lowest BCUT2D eigenvalue weighted by atomic mass is 9.75. The van der Waals surface area contributed by atoms with E-state index in [1.165, 1.54) is 51.6 Å². The molecule has 1 radical (unpaired) electrons. The van der Waals surface area contributed by atoms with Crippen molar-refractivity contribution in [2.45, 2.75) is 39.0 Å². The minimum absolute atomic E-state index is 0.485.